The van der Waals surface area contributed by atoms with Crippen LogP contribution in [-0.2, 0) is 5.41 Å². The van der Waals surface area contributed by atoms with E-state index in [4.69, 9.17) is 0 Å². The van der Waals surface area contributed by atoms with E-state index < -0.39 is 53.1 Å². The van der Waals surface area contributed by atoms with Crippen molar-refractivity contribution in [3.05, 3.63) is 59.7 Å². The summed E-state index contributed by atoms with van der Waals surface area (Å²) in [5.74, 6) is -21.0. The quantitative estimate of drug-likeness (QED) is 0.428. The van der Waals surface area contributed by atoms with Crippen molar-refractivity contribution >= 4 is 0 Å². The maximum absolute atomic E-state index is 15.5. The van der Waals surface area contributed by atoms with E-state index in [1.807, 2.05) is 0 Å². The van der Waals surface area contributed by atoms with Crippen LogP contribution in [0.3, 0.4) is 0 Å². The highest BCUT2D eigenvalue weighted by molar-refractivity contribution is 5.83. The second-order valence-electron chi connectivity index (χ2n) is 7.11. The van der Waals surface area contributed by atoms with E-state index in [0.29, 0.717) is 13.8 Å². The zero-order valence-corrected chi connectivity index (χ0v) is 15.6. The first-order valence-corrected chi connectivity index (χ1v) is 9.04. The average Bonchev–Trinajstić information content (AvgIpc) is 3.00. The van der Waals surface area contributed by atoms with E-state index in [0.717, 1.165) is 24.3 Å². The molecule has 158 valence electrons. The zero-order valence-electron chi connectivity index (χ0n) is 15.6. The lowest BCUT2D eigenvalue weighted by Crippen LogP contribution is -2.69. The second-order valence-corrected chi connectivity index (χ2v) is 7.11. The molecule has 29 heavy (non-hydrogen) atoms. The molecule has 3 rings (SSSR count). The molecule has 0 radical (unpaired) electrons. The Hall–Kier alpha value is -2.12. The first kappa shape index (κ1) is 21.6. The fourth-order valence-corrected chi connectivity index (χ4v) is 4.10. The SMILES string of the molecule is CCC(F)(F)C(F)(F)C1(C(F)(F)C(F)(F)CC)c2ccccc2-c2ccccc21. The Kier molecular flexibility index (Phi) is 4.79. The van der Waals surface area contributed by atoms with Crippen LogP contribution in [0.2, 0.25) is 0 Å². The van der Waals surface area contributed by atoms with E-state index in [9.17, 15) is 17.6 Å². The van der Waals surface area contributed by atoms with Crippen LogP contribution in [0.25, 0.3) is 11.1 Å². The summed E-state index contributed by atoms with van der Waals surface area (Å²) in [5.41, 5.74) is -6.50. The average molecular weight is 422 g/mol. The number of hydrogen-bond acceptors (Lipinski definition) is 0. The van der Waals surface area contributed by atoms with Gasteiger partial charge in [0.2, 0.25) is 0 Å². The first-order valence-electron chi connectivity index (χ1n) is 9.04. The molecule has 0 nitrogen and oxygen atoms in total. The van der Waals surface area contributed by atoms with Gasteiger partial charge in [-0.05, 0) is 22.3 Å². The Balaban J connectivity index is 2.57. The van der Waals surface area contributed by atoms with E-state index in [2.05, 4.69) is 0 Å². The molecule has 0 atom stereocenters. The summed E-state index contributed by atoms with van der Waals surface area (Å²) in [5, 5.41) is 0. The third-order valence-electron chi connectivity index (χ3n) is 5.70. The van der Waals surface area contributed by atoms with Crippen molar-refractivity contribution in [2.24, 2.45) is 0 Å². The van der Waals surface area contributed by atoms with Gasteiger partial charge >= 0.3 is 23.7 Å². The molecule has 2 aromatic carbocycles. The lowest BCUT2D eigenvalue weighted by atomic mass is 9.63. The normalized spacial score (nSPS) is 16.5. The van der Waals surface area contributed by atoms with Crippen molar-refractivity contribution in [1.82, 2.24) is 0 Å². The van der Waals surface area contributed by atoms with Gasteiger partial charge in [-0.1, -0.05) is 62.4 Å². The van der Waals surface area contributed by atoms with E-state index in [1.165, 1.54) is 24.3 Å². The molecule has 0 aliphatic heterocycles. The Morgan fingerprint density at radius 3 is 1.21 bits per heavy atom. The standard InChI is InChI=1S/C21H18F8/c1-3-17(22,23)20(26,27)19(21(28,29)18(24,25)4-2)15-11-7-5-9-13(15)14-10-6-8-12-16(14)19/h5-12H,3-4H2,1-2H3. The summed E-state index contributed by atoms with van der Waals surface area (Å²) in [7, 11) is 0. The maximum Gasteiger partial charge on any atom is 0.329 e. The highest BCUT2D eigenvalue weighted by Gasteiger charge is 2.84. The molecule has 0 aromatic heterocycles. The summed E-state index contributed by atoms with van der Waals surface area (Å²) >= 11 is 0. The summed E-state index contributed by atoms with van der Waals surface area (Å²) in [4.78, 5) is 0. The molecule has 0 fully saturated rings. The fourth-order valence-electron chi connectivity index (χ4n) is 4.10. The van der Waals surface area contributed by atoms with Gasteiger partial charge in [0, 0.05) is 12.8 Å². The Morgan fingerprint density at radius 1 is 0.586 bits per heavy atom. The van der Waals surface area contributed by atoms with Crippen molar-refractivity contribution in [1.29, 1.82) is 0 Å². The molecule has 0 amide bonds. The smallest absolute Gasteiger partial charge is 0.200 e. The molecule has 0 heterocycles. The van der Waals surface area contributed by atoms with Crippen LogP contribution in [0.4, 0.5) is 35.1 Å². The van der Waals surface area contributed by atoms with Crippen molar-refractivity contribution in [3.8, 4) is 11.1 Å². The van der Waals surface area contributed by atoms with Crippen molar-refractivity contribution in [2.75, 3.05) is 0 Å². The summed E-state index contributed by atoms with van der Waals surface area (Å²) in [6, 6.07) is 8.87. The third kappa shape index (κ3) is 2.43. The van der Waals surface area contributed by atoms with E-state index in [-0.39, 0.29) is 11.1 Å². The second kappa shape index (κ2) is 6.44. The van der Waals surface area contributed by atoms with Crippen LogP contribution < -0.4 is 0 Å². The number of alkyl halides is 8. The van der Waals surface area contributed by atoms with E-state index >= 15 is 17.6 Å². The number of halogens is 8. The van der Waals surface area contributed by atoms with Crippen LogP contribution >= 0.6 is 0 Å². The van der Waals surface area contributed by atoms with Gasteiger partial charge in [0.25, 0.3) is 0 Å². The molecule has 0 N–H and O–H groups in total. The van der Waals surface area contributed by atoms with Crippen LogP contribution in [0.5, 0.6) is 0 Å². The number of rotatable bonds is 6. The molecule has 8 heteroatoms. The van der Waals surface area contributed by atoms with Gasteiger partial charge in [0.1, 0.15) is 0 Å². The van der Waals surface area contributed by atoms with Crippen molar-refractivity contribution in [2.45, 2.75) is 55.8 Å². The van der Waals surface area contributed by atoms with Gasteiger partial charge in [-0.3, -0.25) is 0 Å². The molecular formula is C21H18F8. The Bertz CT molecular complexity index is 841. The molecule has 0 bridgehead atoms. The van der Waals surface area contributed by atoms with Crippen LogP contribution in [0.15, 0.2) is 48.5 Å². The minimum Gasteiger partial charge on any atom is -0.200 e. The van der Waals surface area contributed by atoms with Crippen molar-refractivity contribution in [3.63, 3.8) is 0 Å². The fraction of sp³-hybridized carbons (Fsp3) is 0.429. The molecule has 1 aliphatic rings. The molecule has 0 saturated heterocycles. The van der Waals surface area contributed by atoms with Gasteiger partial charge in [-0.15, -0.1) is 0 Å². The molecule has 1 aliphatic carbocycles. The Labute approximate surface area is 162 Å². The van der Waals surface area contributed by atoms with Gasteiger partial charge in [-0.2, -0.15) is 35.1 Å². The lowest BCUT2D eigenvalue weighted by Gasteiger charge is -2.48. The van der Waals surface area contributed by atoms with Gasteiger partial charge in [-0.25, -0.2) is 0 Å². The lowest BCUT2D eigenvalue weighted by molar-refractivity contribution is -0.322. The molecule has 0 spiro atoms. The number of benzene rings is 2. The minimum absolute atomic E-state index is 0.193. The van der Waals surface area contributed by atoms with Crippen LogP contribution in [0.1, 0.15) is 37.8 Å². The van der Waals surface area contributed by atoms with E-state index in [1.54, 1.807) is 0 Å². The molecule has 0 unspecified atom stereocenters. The van der Waals surface area contributed by atoms with Gasteiger partial charge in [0.05, 0.1) is 0 Å². The topological polar surface area (TPSA) is 0 Å². The minimum atomic E-state index is -5.51. The first-order chi connectivity index (χ1) is 13.3. The highest BCUT2D eigenvalue weighted by Crippen LogP contribution is 2.68. The highest BCUT2D eigenvalue weighted by atomic mass is 19.3. The zero-order chi connectivity index (χ0) is 21.9. The number of hydrogen-bond donors (Lipinski definition) is 0. The third-order valence-corrected chi connectivity index (χ3v) is 5.70. The molecule has 0 saturated carbocycles. The summed E-state index contributed by atoms with van der Waals surface area (Å²) < 4.78 is 120. The predicted molar refractivity (Wildman–Crippen MR) is 93.0 cm³/mol. The molecule has 2 aromatic rings. The molecular weight excluding hydrogens is 404 g/mol. The number of fused-ring (bicyclic) bond motifs is 3. The van der Waals surface area contributed by atoms with Gasteiger partial charge < -0.3 is 0 Å². The monoisotopic (exact) mass is 422 g/mol. The predicted octanol–water partition coefficient (Wildman–Crippen LogP) is 7.31. The Morgan fingerprint density at radius 2 is 0.897 bits per heavy atom. The van der Waals surface area contributed by atoms with Crippen LogP contribution in [-0.4, -0.2) is 23.7 Å². The summed E-state index contributed by atoms with van der Waals surface area (Å²) in [6.45, 7) is 1.40. The van der Waals surface area contributed by atoms with Gasteiger partial charge in [0.15, 0.2) is 5.41 Å². The maximum atomic E-state index is 15.5. The largest absolute Gasteiger partial charge is 0.329 e. The summed E-state index contributed by atoms with van der Waals surface area (Å²) in [6.07, 6.45) is -3.00. The van der Waals surface area contributed by atoms with Crippen LogP contribution in [0, 0.1) is 0 Å². The van der Waals surface area contributed by atoms with Crippen molar-refractivity contribution < 1.29 is 35.1 Å².